The molecule has 104 valence electrons. The molecule has 0 bridgehead atoms. The van der Waals surface area contributed by atoms with E-state index in [2.05, 4.69) is 0 Å². The van der Waals surface area contributed by atoms with Gasteiger partial charge in [0, 0.05) is 0 Å². The Morgan fingerprint density at radius 1 is 1.45 bits per heavy atom. The minimum Gasteiger partial charge on any atom is -0.496 e. The van der Waals surface area contributed by atoms with E-state index in [1.807, 2.05) is 6.92 Å². The van der Waals surface area contributed by atoms with Gasteiger partial charge in [-0.2, -0.15) is 0 Å². The maximum atomic E-state index is 12.3. The maximum Gasteiger partial charge on any atom is 0.189 e. The molecular formula is C16H16O4. The van der Waals surface area contributed by atoms with Crippen LogP contribution in [0.25, 0.3) is 6.08 Å². The molecule has 0 saturated carbocycles. The first-order valence-electron chi connectivity index (χ1n) is 6.20. The van der Waals surface area contributed by atoms with Gasteiger partial charge in [0.1, 0.15) is 11.5 Å². The van der Waals surface area contributed by atoms with Crippen LogP contribution < -0.4 is 4.74 Å². The Morgan fingerprint density at radius 3 is 2.85 bits per heavy atom. The van der Waals surface area contributed by atoms with Gasteiger partial charge in [0.2, 0.25) is 0 Å². The van der Waals surface area contributed by atoms with Gasteiger partial charge in [-0.05, 0) is 48.4 Å². The largest absolute Gasteiger partial charge is 0.496 e. The lowest BCUT2D eigenvalue weighted by Crippen LogP contribution is -2.03. The SMILES string of the molecule is COc1cc(CO)cc(C)c1C(=O)/C=C/c1ccco1. The van der Waals surface area contributed by atoms with Crippen LogP contribution in [0.2, 0.25) is 0 Å². The van der Waals surface area contributed by atoms with E-state index >= 15 is 0 Å². The number of allylic oxidation sites excluding steroid dienone is 1. The molecule has 0 aliphatic rings. The fourth-order valence-corrected chi connectivity index (χ4v) is 2.02. The molecule has 0 aliphatic heterocycles. The summed E-state index contributed by atoms with van der Waals surface area (Å²) in [6.07, 6.45) is 4.61. The van der Waals surface area contributed by atoms with Crippen molar-refractivity contribution in [3.05, 3.63) is 59.1 Å². The van der Waals surface area contributed by atoms with Crippen LogP contribution in [0.3, 0.4) is 0 Å². The third-order valence-corrected chi connectivity index (χ3v) is 2.95. The number of aliphatic hydroxyl groups is 1. The fourth-order valence-electron chi connectivity index (χ4n) is 2.02. The van der Waals surface area contributed by atoms with Gasteiger partial charge in [0.15, 0.2) is 5.78 Å². The van der Waals surface area contributed by atoms with Crippen molar-refractivity contribution in [3.8, 4) is 5.75 Å². The summed E-state index contributed by atoms with van der Waals surface area (Å²) in [5.74, 6) is 0.908. The number of furan rings is 1. The van der Waals surface area contributed by atoms with Crippen LogP contribution in [0, 0.1) is 6.92 Å². The van der Waals surface area contributed by atoms with E-state index in [0.717, 1.165) is 5.56 Å². The highest BCUT2D eigenvalue weighted by Crippen LogP contribution is 2.25. The zero-order valence-corrected chi connectivity index (χ0v) is 11.4. The van der Waals surface area contributed by atoms with Crippen molar-refractivity contribution in [2.75, 3.05) is 7.11 Å². The summed E-state index contributed by atoms with van der Waals surface area (Å²) in [6, 6.07) is 6.96. The third kappa shape index (κ3) is 2.97. The van der Waals surface area contributed by atoms with E-state index in [0.29, 0.717) is 22.6 Å². The molecule has 20 heavy (non-hydrogen) atoms. The third-order valence-electron chi connectivity index (χ3n) is 2.95. The summed E-state index contributed by atoms with van der Waals surface area (Å²) in [4.78, 5) is 12.3. The average Bonchev–Trinajstić information content (AvgIpc) is 2.97. The van der Waals surface area contributed by atoms with Crippen LogP contribution in [0.15, 0.2) is 41.0 Å². The number of carbonyl (C=O) groups excluding carboxylic acids is 1. The summed E-state index contributed by atoms with van der Waals surface area (Å²) in [6.45, 7) is 1.73. The van der Waals surface area contributed by atoms with Crippen LogP contribution in [0.4, 0.5) is 0 Å². The number of aliphatic hydroxyl groups excluding tert-OH is 1. The Morgan fingerprint density at radius 2 is 2.25 bits per heavy atom. The number of rotatable bonds is 5. The van der Waals surface area contributed by atoms with E-state index in [1.54, 1.807) is 36.6 Å². The molecule has 0 atom stereocenters. The van der Waals surface area contributed by atoms with E-state index in [-0.39, 0.29) is 12.4 Å². The Kier molecular flexibility index (Phi) is 4.38. The van der Waals surface area contributed by atoms with Gasteiger partial charge >= 0.3 is 0 Å². The number of hydrogen-bond acceptors (Lipinski definition) is 4. The van der Waals surface area contributed by atoms with Crippen molar-refractivity contribution in [2.45, 2.75) is 13.5 Å². The van der Waals surface area contributed by atoms with Crippen LogP contribution in [-0.4, -0.2) is 18.0 Å². The molecular weight excluding hydrogens is 256 g/mol. The lowest BCUT2D eigenvalue weighted by atomic mass is 10.00. The first kappa shape index (κ1) is 14.1. The number of benzene rings is 1. The molecule has 0 saturated heterocycles. The van der Waals surface area contributed by atoms with Crippen molar-refractivity contribution < 1.29 is 19.1 Å². The molecule has 4 nitrogen and oxygen atoms in total. The number of aryl methyl sites for hydroxylation is 1. The zero-order valence-electron chi connectivity index (χ0n) is 11.4. The molecule has 4 heteroatoms. The second kappa shape index (κ2) is 6.21. The number of ether oxygens (including phenoxy) is 1. The first-order valence-corrected chi connectivity index (χ1v) is 6.20. The highest BCUT2D eigenvalue weighted by Gasteiger charge is 2.14. The van der Waals surface area contributed by atoms with Crippen molar-refractivity contribution in [2.24, 2.45) is 0 Å². The Hall–Kier alpha value is -2.33. The number of hydrogen-bond donors (Lipinski definition) is 1. The molecule has 0 amide bonds. The summed E-state index contributed by atoms with van der Waals surface area (Å²) in [5, 5.41) is 9.17. The molecule has 0 fully saturated rings. The van der Waals surface area contributed by atoms with Crippen molar-refractivity contribution in [1.29, 1.82) is 0 Å². The predicted molar refractivity (Wildman–Crippen MR) is 75.7 cm³/mol. The Bertz CT molecular complexity index is 624. The van der Waals surface area contributed by atoms with Crippen molar-refractivity contribution in [1.82, 2.24) is 0 Å². The standard InChI is InChI=1S/C16H16O4/c1-11-8-12(10-17)9-15(19-2)16(11)14(18)6-5-13-4-3-7-20-13/h3-9,17H,10H2,1-2H3/b6-5+. The fraction of sp³-hybridized carbons (Fsp3) is 0.188. The summed E-state index contributed by atoms with van der Waals surface area (Å²) in [5.41, 5.74) is 1.97. The van der Waals surface area contributed by atoms with E-state index in [9.17, 15) is 9.90 Å². The number of methoxy groups -OCH3 is 1. The predicted octanol–water partition coefficient (Wildman–Crippen LogP) is 2.99. The van der Waals surface area contributed by atoms with Crippen LogP contribution in [0.5, 0.6) is 5.75 Å². The van der Waals surface area contributed by atoms with Gasteiger partial charge in [-0.1, -0.05) is 6.07 Å². The molecule has 1 heterocycles. The molecule has 1 aromatic carbocycles. The lowest BCUT2D eigenvalue weighted by Gasteiger charge is -2.11. The quantitative estimate of drug-likeness (QED) is 0.671. The molecule has 2 rings (SSSR count). The number of carbonyl (C=O) groups is 1. The molecule has 0 radical (unpaired) electrons. The summed E-state index contributed by atoms with van der Waals surface area (Å²) < 4.78 is 10.4. The molecule has 0 aliphatic carbocycles. The second-order valence-corrected chi connectivity index (χ2v) is 4.36. The summed E-state index contributed by atoms with van der Waals surface area (Å²) >= 11 is 0. The monoisotopic (exact) mass is 272 g/mol. The van der Waals surface area contributed by atoms with Crippen LogP contribution >= 0.6 is 0 Å². The zero-order chi connectivity index (χ0) is 14.5. The molecule has 0 unspecified atom stereocenters. The molecule has 2 aromatic rings. The van der Waals surface area contributed by atoms with Gasteiger partial charge in [-0.3, -0.25) is 4.79 Å². The topological polar surface area (TPSA) is 59.7 Å². The minimum atomic E-state index is -0.166. The summed E-state index contributed by atoms with van der Waals surface area (Å²) in [7, 11) is 1.50. The van der Waals surface area contributed by atoms with Gasteiger partial charge in [0.25, 0.3) is 0 Å². The lowest BCUT2D eigenvalue weighted by molar-refractivity contribution is 0.104. The van der Waals surface area contributed by atoms with E-state index < -0.39 is 0 Å². The Labute approximate surface area is 117 Å². The van der Waals surface area contributed by atoms with Gasteiger partial charge in [-0.25, -0.2) is 0 Å². The molecule has 1 aromatic heterocycles. The van der Waals surface area contributed by atoms with Crippen LogP contribution in [0.1, 0.15) is 27.2 Å². The van der Waals surface area contributed by atoms with Gasteiger partial charge in [-0.15, -0.1) is 0 Å². The highest BCUT2D eigenvalue weighted by atomic mass is 16.5. The number of ketones is 1. The average molecular weight is 272 g/mol. The molecule has 1 N–H and O–H groups in total. The Balaban J connectivity index is 2.34. The van der Waals surface area contributed by atoms with Gasteiger partial charge in [0.05, 0.1) is 25.5 Å². The maximum absolute atomic E-state index is 12.3. The molecule has 0 spiro atoms. The minimum absolute atomic E-state index is 0.0894. The van der Waals surface area contributed by atoms with E-state index in [4.69, 9.17) is 9.15 Å². The highest BCUT2D eigenvalue weighted by molar-refractivity contribution is 6.09. The normalized spacial score (nSPS) is 10.9. The van der Waals surface area contributed by atoms with E-state index in [1.165, 1.54) is 13.2 Å². The second-order valence-electron chi connectivity index (χ2n) is 4.36. The van der Waals surface area contributed by atoms with Crippen LogP contribution in [-0.2, 0) is 6.61 Å². The first-order chi connectivity index (χ1) is 9.65. The van der Waals surface area contributed by atoms with Crippen molar-refractivity contribution in [3.63, 3.8) is 0 Å². The van der Waals surface area contributed by atoms with Gasteiger partial charge < -0.3 is 14.3 Å². The smallest absolute Gasteiger partial charge is 0.189 e. The van der Waals surface area contributed by atoms with Crippen molar-refractivity contribution >= 4 is 11.9 Å².